The molecule has 6 rings (SSSR count). The van der Waals surface area contributed by atoms with Crippen molar-refractivity contribution in [2.45, 2.75) is 66.7 Å². The molecule has 4 aromatic carbocycles. The SMILES string of the molecule is CCC1C=C(C(C)(C)C)C=[C]1[Zr+2](=[C](c1cccc(C(F)(F)F)c1)c1cccc(C(F)(F)F)c1)[c]1c(C)ccc2c1Cc1cc(C)ccc1-2.[Cl-].[Cl-]. The average molecular weight is 807 g/mol. The molecule has 0 saturated carbocycles. The van der Waals surface area contributed by atoms with Crippen molar-refractivity contribution in [3.63, 3.8) is 0 Å². The van der Waals surface area contributed by atoms with Crippen LogP contribution in [0.4, 0.5) is 26.3 Å². The van der Waals surface area contributed by atoms with E-state index in [0.717, 1.165) is 67.3 Å². The summed E-state index contributed by atoms with van der Waals surface area (Å²) < 4.78 is 88.4. The van der Waals surface area contributed by atoms with Crippen molar-refractivity contribution in [3.8, 4) is 11.1 Å². The Bertz CT molecular complexity index is 1970. The van der Waals surface area contributed by atoms with Gasteiger partial charge in [0.25, 0.3) is 0 Å². The minimum atomic E-state index is -4.61. The first-order valence-corrected chi connectivity index (χ1v) is 19.9. The number of aryl methyl sites for hydroxylation is 2. The van der Waals surface area contributed by atoms with Gasteiger partial charge in [0.15, 0.2) is 0 Å². The van der Waals surface area contributed by atoms with Crippen LogP contribution in [0.1, 0.15) is 78.6 Å². The number of benzene rings is 4. The van der Waals surface area contributed by atoms with Crippen LogP contribution in [0.2, 0.25) is 0 Å². The van der Waals surface area contributed by atoms with E-state index in [1.54, 1.807) is 12.1 Å². The maximum atomic E-state index is 14.2. The smallest absolute Gasteiger partial charge is 1.00 e. The van der Waals surface area contributed by atoms with Gasteiger partial charge in [-0.15, -0.1) is 0 Å². The number of rotatable bonds is 5. The van der Waals surface area contributed by atoms with E-state index in [2.05, 4.69) is 84.0 Å². The summed E-state index contributed by atoms with van der Waals surface area (Å²) in [5, 5.41) is 0. The first kappa shape index (κ1) is 40.0. The molecule has 9 heteroatoms. The molecule has 0 aromatic heterocycles. The molecule has 1 unspecified atom stereocenters. The third kappa shape index (κ3) is 7.71. The van der Waals surface area contributed by atoms with Gasteiger partial charge < -0.3 is 24.8 Å². The molecule has 0 fully saturated rings. The Hall–Kier alpha value is -2.73. The Kier molecular flexibility index (Phi) is 11.8. The Morgan fingerprint density at radius 2 is 1.30 bits per heavy atom. The summed E-state index contributed by atoms with van der Waals surface area (Å²) in [4.78, 5) is 0. The van der Waals surface area contributed by atoms with Gasteiger partial charge in [0.1, 0.15) is 0 Å². The van der Waals surface area contributed by atoms with Crippen molar-refractivity contribution in [1.29, 1.82) is 0 Å². The van der Waals surface area contributed by atoms with E-state index in [0.29, 0.717) is 20.8 Å². The quantitative estimate of drug-likeness (QED) is 0.211. The molecule has 1 atom stereocenters. The van der Waals surface area contributed by atoms with Crippen LogP contribution in [0, 0.1) is 25.2 Å². The molecular weight excluding hydrogens is 769 g/mol. The summed E-state index contributed by atoms with van der Waals surface area (Å²) in [6.45, 7) is 12.6. The minimum absolute atomic E-state index is 0. The molecule has 2 aliphatic carbocycles. The number of halogens is 8. The fraction of sp³-hybridized carbons (Fsp3) is 0.293. The van der Waals surface area contributed by atoms with Crippen LogP contribution in [0.15, 0.2) is 99.9 Å². The van der Waals surface area contributed by atoms with Crippen LogP contribution in [0.25, 0.3) is 11.1 Å². The van der Waals surface area contributed by atoms with Crippen LogP contribution in [-0.4, -0.2) is 3.21 Å². The molecule has 0 amide bonds. The van der Waals surface area contributed by atoms with E-state index in [9.17, 15) is 26.3 Å². The van der Waals surface area contributed by atoms with Gasteiger partial charge >= 0.3 is 288 Å². The van der Waals surface area contributed by atoms with Crippen molar-refractivity contribution in [3.05, 3.63) is 144 Å². The fourth-order valence-corrected chi connectivity index (χ4v) is 16.2. The summed E-state index contributed by atoms with van der Waals surface area (Å²) in [7, 11) is 0. The topological polar surface area (TPSA) is 0 Å². The molecule has 0 saturated heterocycles. The van der Waals surface area contributed by atoms with E-state index >= 15 is 0 Å². The molecule has 0 heterocycles. The molecule has 0 bridgehead atoms. The first-order chi connectivity index (χ1) is 22.5. The zero-order valence-electron chi connectivity index (χ0n) is 28.7. The molecule has 4 aromatic rings. The summed E-state index contributed by atoms with van der Waals surface area (Å²) >= 11 is -3.68. The van der Waals surface area contributed by atoms with Gasteiger partial charge in [-0.3, -0.25) is 0 Å². The number of alkyl halides is 6. The Labute approximate surface area is 310 Å². The number of allylic oxidation sites excluding steroid dienone is 4. The summed E-state index contributed by atoms with van der Waals surface area (Å²) in [5.74, 6) is 0.0292. The van der Waals surface area contributed by atoms with Gasteiger partial charge in [0, 0.05) is 0 Å². The second-order valence-electron chi connectivity index (χ2n) is 14.0. The molecule has 262 valence electrons. The summed E-state index contributed by atoms with van der Waals surface area (Å²) in [6, 6.07) is 21.0. The van der Waals surface area contributed by atoms with Gasteiger partial charge in [-0.1, -0.05) is 0 Å². The van der Waals surface area contributed by atoms with E-state index in [4.69, 9.17) is 0 Å². The maximum absolute atomic E-state index is 14.2. The number of fused-ring (bicyclic) bond motifs is 3. The molecule has 50 heavy (non-hydrogen) atoms. The van der Waals surface area contributed by atoms with Crippen LogP contribution >= 0.6 is 0 Å². The molecule has 0 aliphatic heterocycles. The second kappa shape index (κ2) is 14.7. The van der Waals surface area contributed by atoms with Gasteiger partial charge in [0.2, 0.25) is 0 Å². The predicted octanol–water partition coefficient (Wildman–Crippen LogP) is 5.33. The van der Waals surface area contributed by atoms with Crippen molar-refractivity contribution in [2.75, 3.05) is 0 Å². The number of hydrogen-bond donors (Lipinski definition) is 0. The van der Waals surface area contributed by atoms with Gasteiger partial charge in [-0.05, 0) is 0 Å². The van der Waals surface area contributed by atoms with E-state index < -0.39 is 44.7 Å². The molecule has 0 radical (unpaired) electrons. The van der Waals surface area contributed by atoms with Crippen LogP contribution in [0.3, 0.4) is 0 Å². The standard InChI is InChI=1S/C15H8F6.C15H13.C11H17.2ClH.Zr/c16-14(17,18)12-5-1-3-10(8-12)7-11-4-2-6-13(9-11)15(19,20)21;1-10-3-5-14-12(7-10)9-13-8-11(2)4-6-15(13)14;1-5-9-6-7-10(8-9)11(2,3)4;;;/h1-6,8-9H;3-7H,9H2,1-2H3;7-9H,5H2,1-4H3;2*1H;/q;;;;;+2/p-2. The fourth-order valence-electron chi connectivity index (χ4n) is 7.13. The van der Waals surface area contributed by atoms with Gasteiger partial charge in [-0.2, -0.15) is 0 Å². The normalized spacial score (nSPS) is 15.1. The van der Waals surface area contributed by atoms with E-state index in [-0.39, 0.29) is 36.1 Å². The predicted molar refractivity (Wildman–Crippen MR) is 179 cm³/mol. The Morgan fingerprint density at radius 3 is 1.82 bits per heavy atom. The molecule has 0 spiro atoms. The van der Waals surface area contributed by atoms with Crippen molar-refractivity contribution >= 4 is 6.48 Å². The largest absolute Gasteiger partial charge is 1.00 e. The van der Waals surface area contributed by atoms with Crippen molar-refractivity contribution in [2.24, 2.45) is 11.3 Å². The van der Waals surface area contributed by atoms with Gasteiger partial charge in [0.05, 0.1) is 0 Å². The minimum Gasteiger partial charge on any atom is -1.00 e. The van der Waals surface area contributed by atoms with Crippen LogP contribution in [-0.2, 0) is 40.0 Å². The monoisotopic (exact) mass is 804 g/mol. The summed E-state index contributed by atoms with van der Waals surface area (Å²) in [5.41, 5.74) is 6.78. The third-order valence-electron chi connectivity index (χ3n) is 9.58. The molecule has 0 nitrogen and oxygen atoms in total. The molecule has 0 N–H and O–H groups in total. The zero-order chi connectivity index (χ0) is 34.8. The Balaban J connectivity index is 0.00000281. The summed E-state index contributed by atoms with van der Waals surface area (Å²) in [6.07, 6.45) is -3.24. The Morgan fingerprint density at radius 1 is 0.740 bits per heavy atom. The first-order valence-electron chi connectivity index (χ1n) is 16.2. The molecule has 2 aliphatic rings. The van der Waals surface area contributed by atoms with Crippen molar-refractivity contribution in [1.82, 2.24) is 0 Å². The number of hydrogen-bond acceptors (Lipinski definition) is 0. The maximum Gasteiger partial charge on any atom is -1.00 e. The van der Waals surface area contributed by atoms with Crippen LogP contribution in [0.5, 0.6) is 0 Å². The van der Waals surface area contributed by atoms with Gasteiger partial charge in [-0.25, -0.2) is 0 Å². The zero-order valence-corrected chi connectivity index (χ0v) is 32.6. The van der Waals surface area contributed by atoms with E-state index in [1.165, 1.54) is 21.0 Å². The second-order valence-corrected chi connectivity index (χ2v) is 19.7. The third-order valence-corrected chi connectivity index (χ3v) is 17.9. The average Bonchev–Trinajstić information content (AvgIpc) is 3.61. The van der Waals surface area contributed by atoms with Crippen LogP contribution < -0.4 is 28.1 Å². The molecular formula is C41H38Cl2F6Zr. The van der Waals surface area contributed by atoms with Crippen molar-refractivity contribution < 1.29 is 72.4 Å². The van der Waals surface area contributed by atoms with E-state index in [1.807, 2.05) is 0 Å².